The van der Waals surface area contributed by atoms with E-state index in [0.29, 0.717) is 85.4 Å². The SMILES string of the molecule is CCOC(=O)C1CCCN(C(=O)C=Cc2ccc(Sc3ccc(C=CC(=O)N4CCCC(C(=O)OCC)C4)c(-c4ccc5c(c4)CCOO5)c3[N+](=O)[O-])c([N+](=O)[O-])c2-c2ccc3c(c2)CCOO3)C1. The van der Waals surface area contributed by atoms with Crippen molar-refractivity contribution >= 4 is 59.0 Å². The fraction of sp³-hybridized carbons (Fsp3) is 0.360. The Morgan fingerprint density at radius 2 is 1.10 bits per heavy atom. The first-order chi connectivity index (χ1) is 33.4. The normalized spacial score (nSPS) is 17.9. The average molecular weight is 963 g/mol. The predicted molar refractivity (Wildman–Crippen MR) is 252 cm³/mol. The molecule has 4 heterocycles. The highest BCUT2D eigenvalue weighted by Crippen LogP contribution is 2.49. The average Bonchev–Trinajstić information content (AvgIpc) is 3.37. The van der Waals surface area contributed by atoms with Gasteiger partial charge in [-0.05, 0) is 110 Å². The fourth-order valence-corrected chi connectivity index (χ4v) is 10.1. The topological polar surface area (TPSA) is 216 Å². The lowest BCUT2D eigenvalue weighted by Crippen LogP contribution is -2.42. The largest absolute Gasteiger partial charge is 0.466 e. The van der Waals surface area contributed by atoms with Crippen LogP contribution in [0.1, 0.15) is 61.8 Å². The van der Waals surface area contributed by atoms with Crippen LogP contribution in [0.4, 0.5) is 11.4 Å². The molecule has 0 saturated carbocycles. The molecule has 4 aromatic carbocycles. The maximum absolute atomic E-state index is 13.6. The molecular weight excluding hydrogens is 913 g/mol. The van der Waals surface area contributed by atoms with Gasteiger partial charge in [-0.1, -0.05) is 36.0 Å². The maximum atomic E-state index is 13.6. The van der Waals surface area contributed by atoms with E-state index in [1.54, 1.807) is 72.2 Å². The molecule has 4 aliphatic rings. The molecule has 4 aromatic rings. The summed E-state index contributed by atoms with van der Waals surface area (Å²) in [4.78, 5) is 102. The van der Waals surface area contributed by atoms with Crippen LogP contribution in [0.2, 0.25) is 0 Å². The molecule has 2 atom stereocenters. The van der Waals surface area contributed by atoms with Gasteiger partial charge in [0.15, 0.2) is 11.5 Å². The molecule has 360 valence electrons. The van der Waals surface area contributed by atoms with Gasteiger partial charge in [0.05, 0.1) is 69.0 Å². The molecule has 18 nitrogen and oxygen atoms in total. The summed E-state index contributed by atoms with van der Waals surface area (Å²) in [7, 11) is 0. The monoisotopic (exact) mass is 962 g/mol. The Morgan fingerprint density at radius 3 is 1.51 bits per heavy atom. The number of nitro benzene ring substituents is 2. The Morgan fingerprint density at radius 1 is 0.667 bits per heavy atom. The zero-order chi connectivity index (χ0) is 48.6. The number of nitro groups is 2. The molecule has 0 N–H and O–H groups in total. The number of nitrogens with zero attached hydrogens (tertiary/aromatic N) is 4. The van der Waals surface area contributed by atoms with Crippen LogP contribution in [0, 0.1) is 32.1 Å². The summed E-state index contributed by atoms with van der Waals surface area (Å²) in [5.41, 5.74) is 2.59. The van der Waals surface area contributed by atoms with E-state index in [2.05, 4.69) is 0 Å². The quantitative estimate of drug-likeness (QED) is 0.0381. The molecule has 0 radical (unpaired) electrons. The minimum absolute atomic E-state index is 0.0776. The molecule has 0 aliphatic carbocycles. The zero-order valence-corrected chi connectivity index (χ0v) is 38.9. The van der Waals surface area contributed by atoms with Gasteiger partial charge in [-0.15, -0.1) is 0 Å². The summed E-state index contributed by atoms with van der Waals surface area (Å²) < 4.78 is 10.4. The van der Waals surface area contributed by atoms with E-state index in [1.165, 1.54) is 36.4 Å². The Kier molecular flexibility index (Phi) is 15.4. The van der Waals surface area contributed by atoms with Crippen molar-refractivity contribution < 1.29 is 58.0 Å². The number of hydrogen-bond acceptors (Lipinski definition) is 15. The van der Waals surface area contributed by atoms with Gasteiger partial charge in [-0.2, -0.15) is 9.78 Å². The van der Waals surface area contributed by atoms with E-state index in [9.17, 15) is 39.4 Å². The molecule has 2 amide bonds. The number of likely N-dealkylation sites (tertiary alicyclic amines) is 2. The van der Waals surface area contributed by atoms with E-state index in [0.717, 1.165) is 22.9 Å². The predicted octanol–water partition coefficient (Wildman–Crippen LogP) is 8.35. The number of benzene rings is 4. The molecule has 0 aromatic heterocycles. The van der Waals surface area contributed by atoms with Crippen LogP contribution in [0.5, 0.6) is 11.5 Å². The number of ether oxygens (including phenoxy) is 2. The van der Waals surface area contributed by atoms with Crippen LogP contribution in [0.3, 0.4) is 0 Å². The van der Waals surface area contributed by atoms with Gasteiger partial charge in [0, 0.05) is 62.3 Å². The van der Waals surface area contributed by atoms with Crippen LogP contribution in [-0.4, -0.2) is 96.0 Å². The van der Waals surface area contributed by atoms with Crippen LogP contribution >= 0.6 is 11.8 Å². The second-order valence-electron chi connectivity index (χ2n) is 16.7. The van der Waals surface area contributed by atoms with Gasteiger partial charge in [0.2, 0.25) is 11.8 Å². The Bertz CT molecular complexity index is 2560. The molecule has 2 fully saturated rings. The molecule has 8 rings (SSSR count). The van der Waals surface area contributed by atoms with Crippen molar-refractivity contribution in [2.45, 2.75) is 62.2 Å². The number of carbonyl (C=O) groups is 4. The Hall–Kier alpha value is -7.09. The number of amides is 2. The molecular formula is C50H50N4O14S. The number of esters is 2. The van der Waals surface area contributed by atoms with Gasteiger partial charge in [-0.3, -0.25) is 39.4 Å². The second-order valence-corrected chi connectivity index (χ2v) is 17.8. The molecule has 0 bridgehead atoms. The van der Waals surface area contributed by atoms with Crippen LogP contribution in [-0.2, 0) is 51.3 Å². The maximum Gasteiger partial charge on any atom is 0.310 e. The first-order valence-electron chi connectivity index (χ1n) is 22.9. The number of hydrogen-bond donors (Lipinski definition) is 0. The van der Waals surface area contributed by atoms with Crippen molar-refractivity contribution in [3.05, 3.63) is 115 Å². The standard InChI is InChI=1S/C50H50N4O14S/c1-3-63-49(57)37-7-5-23-51(29-37)43(55)19-13-31-11-17-41(47(53(59)60)45(31)35-9-15-39-33(27-35)21-25-65-67-39)69-42-18-12-32(14-20-44(56)52-24-6-8-38(30-52)50(58)64-4-2)46(48(42)54(61)62)36-10-16-40-34(28-36)22-26-66-68-40/h9-20,27-28,37-38H,3-8,21-26,29-30H2,1-2H3. The molecule has 2 saturated heterocycles. The summed E-state index contributed by atoms with van der Waals surface area (Å²) in [5, 5.41) is 26.9. The lowest BCUT2D eigenvalue weighted by molar-refractivity contribution is -0.387. The first kappa shape index (κ1) is 48.4. The highest BCUT2D eigenvalue weighted by Gasteiger charge is 2.33. The van der Waals surface area contributed by atoms with Gasteiger partial charge in [0.1, 0.15) is 0 Å². The van der Waals surface area contributed by atoms with Crippen molar-refractivity contribution in [2.75, 3.05) is 52.6 Å². The zero-order valence-electron chi connectivity index (χ0n) is 38.0. The minimum Gasteiger partial charge on any atom is -0.466 e. The summed E-state index contributed by atoms with van der Waals surface area (Å²) in [6.07, 6.45) is 8.95. The summed E-state index contributed by atoms with van der Waals surface area (Å²) in [5.74, 6) is -1.55. The third kappa shape index (κ3) is 11.0. The lowest BCUT2D eigenvalue weighted by atomic mass is 9.94. The van der Waals surface area contributed by atoms with E-state index in [4.69, 9.17) is 29.0 Å². The Balaban J connectivity index is 1.20. The lowest BCUT2D eigenvalue weighted by Gasteiger charge is -2.30. The van der Waals surface area contributed by atoms with Gasteiger partial charge >= 0.3 is 11.9 Å². The number of piperidine rings is 2. The third-order valence-corrected chi connectivity index (χ3v) is 13.5. The number of carbonyl (C=O) groups excluding carboxylic acids is 4. The fourth-order valence-electron chi connectivity index (χ4n) is 9.03. The summed E-state index contributed by atoms with van der Waals surface area (Å²) >= 11 is 0.839. The highest BCUT2D eigenvalue weighted by atomic mass is 32.2. The van der Waals surface area contributed by atoms with E-state index in [1.807, 2.05) is 0 Å². The number of rotatable bonds is 14. The second kappa shape index (κ2) is 21.9. The minimum atomic E-state index is -0.543. The van der Waals surface area contributed by atoms with Crippen molar-refractivity contribution in [3.63, 3.8) is 0 Å². The van der Waals surface area contributed by atoms with E-state index in [-0.39, 0.29) is 95.6 Å². The van der Waals surface area contributed by atoms with Crippen molar-refractivity contribution in [1.82, 2.24) is 9.80 Å². The number of fused-ring (bicyclic) bond motifs is 2. The third-order valence-electron chi connectivity index (χ3n) is 12.4. The molecule has 4 aliphatic heterocycles. The Labute approximate surface area is 401 Å². The molecule has 19 heteroatoms. The summed E-state index contributed by atoms with van der Waals surface area (Å²) in [6.45, 7) is 5.59. The van der Waals surface area contributed by atoms with Crippen LogP contribution < -0.4 is 9.78 Å². The first-order valence-corrected chi connectivity index (χ1v) is 23.7. The molecule has 69 heavy (non-hydrogen) atoms. The van der Waals surface area contributed by atoms with Crippen molar-refractivity contribution in [1.29, 1.82) is 0 Å². The highest BCUT2D eigenvalue weighted by molar-refractivity contribution is 7.99. The molecule has 2 unspecified atom stereocenters. The van der Waals surface area contributed by atoms with E-state index < -0.39 is 21.7 Å². The van der Waals surface area contributed by atoms with Gasteiger partial charge < -0.3 is 29.0 Å². The van der Waals surface area contributed by atoms with Gasteiger partial charge in [0.25, 0.3) is 11.4 Å². The smallest absolute Gasteiger partial charge is 0.310 e. The van der Waals surface area contributed by atoms with E-state index >= 15 is 0 Å². The van der Waals surface area contributed by atoms with Crippen LogP contribution in [0.15, 0.2) is 82.6 Å². The van der Waals surface area contributed by atoms with Crippen molar-refractivity contribution in [2.24, 2.45) is 11.8 Å². The summed E-state index contributed by atoms with van der Waals surface area (Å²) in [6, 6.07) is 16.3. The van der Waals surface area contributed by atoms with Gasteiger partial charge in [-0.25, -0.2) is 0 Å². The van der Waals surface area contributed by atoms with Crippen molar-refractivity contribution in [3.8, 4) is 33.8 Å². The van der Waals surface area contributed by atoms with Crippen LogP contribution in [0.25, 0.3) is 34.4 Å². The molecule has 0 spiro atoms.